The molecule has 2 aliphatic rings. The first-order valence-electron chi connectivity index (χ1n) is 14.1. The minimum absolute atomic E-state index is 0.278. The van der Waals surface area contributed by atoms with Crippen LogP contribution >= 0.6 is 0 Å². The number of carboxylic acids is 1. The van der Waals surface area contributed by atoms with Gasteiger partial charge in [0.1, 0.15) is 11.6 Å². The molecule has 4 aromatic rings. The molecule has 1 saturated carbocycles. The molecular weight excluding hydrogens is 504 g/mol. The number of hydrogen-bond donors (Lipinski definition) is 1. The monoisotopic (exact) mass is 535 g/mol. The number of allylic oxidation sites excluding steroid dienone is 1. The Bertz CT molecular complexity index is 1670. The molecule has 1 N–H and O–H groups in total. The van der Waals surface area contributed by atoms with Crippen LogP contribution in [0.2, 0.25) is 0 Å². The summed E-state index contributed by atoms with van der Waals surface area (Å²) in [5.41, 5.74) is 10.2. The van der Waals surface area contributed by atoms with Gasteiger partial charge in [0.2, 0.25) is 0 Å². The molecule has 1 radical (unpaired) electrons. The van der Waals surface area contributed by atoms with E-state index >= 15 is 0 Å². The summed E-state index contributed by atoms with van der Waals surface area (Å²) < 4.78 is 0. The Balaban J connectivity index is 1.25. The second-order valence-electron chi connectivity index (χ2n) is 10.7. The SMILES string of the molecule is C[CH]C=Cc1ccc(N2c3ccc(-c4ccc(-c5ccc(C=C(C#N)C(=O)O)cc5)cc4)cc3C3CCCC32)cc1. The lowest BCUT2D eigenvalue weighted by Gasteiger charge is -2.27. The van der Waals surface area contributed by atoms with Crippen LogP contribution in [0.5, 0.6) is 0 Å². The number of carboxylic acid groups (broad SMARTS) is 1. The third kappa shape index (κ3) is 5.19. The van der Waals surface area contributed by atoms with Gasteiger partial charge >= 0.3 is 5.97 Å². The van der Waals surface area contributed by atoms with Crippen molar-refractivity contribution in [1.29, 1.82) is 5.26 Å². The molecule has 0 bridgehead atoms. The maximum atomic E-state index is 11.1. The zero-order valence-electron chi connectivity index (χ0n) is 23.0. The zero-order valence-corrected chi connectivity index (χ0v) is 23.0. The number of hydrogen-bond acceptors (Lipinski definition) is 3. The van der Waals surface area contributed by atoms with Crippen molar-refractivity contribution in [2.75, 3.05) is 4.90 Å². The molecule has 1 aliphatic carbocycles. The first-order chi connectivity index (χ1) is 20.1. The lowest BCUT2D eigenvalue weighted by molar-refractivity contribution is -0.132. The summed E-state index contributed by atoms with van der Waals surface area (Å²) in [6, 6.07) is 34.3. The Morgan fingerprint density at radius 3 is 2.10 bits per heavy atom. The summed E-state index contributed by atoms with van der Waals surface area (Å²) in [5.74, 6) is -0.656. The standard InChI is InChI=1S/C37H31N2O2/c1-2-3-5-25-10-19-32(20-11-25)39-35-7-4-6-33(35)34-23-30(18-21-36(34)39)29-16-14-28(15-17-29)27-12-8-26(9-13-27)22-31(24-38)37(40)41/h2-3,5,8-23,33,35H,4,6-7H2,1H3,(H,40,41). The molecule has 0 aromatic heterocycles. The van der Waals surface area contributed by atoms with E-state index in [0.29, 0.717) is 17.5 Å². The number of aliphatic carboxylic acids is 1. The van der Waals surface area contributed by atoms with Crippen molar-refractivity contribution < 1.29 is 9.90 Å². The molecule has 1 heterocycles. The van der Waals surface area contributed by atoms with Crippen molar-refractivity contribution in [2.24, 2.45) is 0 Å². The molecule has 41 heavy (non-hydrogen) atoms. The van der Waals surface area contributed by atoms with E-state index in [1.165, 1.54) is 59.0 Å². The van der Waals surface area contributed by atoms with Crippen LogP contribution in [0.15, 0.2) is 103 Å². The van der Waals surface area contributed by atoms with Crippen molar-refractivity contribution >= 4 is 29.5 Å². The average molecular weight is 536 g/mol. The van der Waals surface area contributed by atoms with Crippen molar-refractivity contribution in [3.05, 3.63) is 126 Å². The third-order valence-electron chi connectivity index (χ3n) is 8.27. The Morgan fingerprint density at radius 2 is 1.46 bits per heavy atom. The highest BCUT2D eigenvalue weighted by atomic mass is 16.4. The van der Waals surface area contributed by atoms with Crippen LogP contribution < -0.4 is 4.90 Å². The smallest absolute Gasteiger partial charge is 0.346 e. The number of nitriles is 1. The van der Waals surface area contributed by atoms with Gasteiger partial charge < -0.3 is 10.0 Å². The maximum absolute atomic E-state index is 11.1. The van der Waals surface area contributed by atoms with Crippen LogP contribution in [0.1, 0.15) is 48.8 Å². The molecule has 2 unspecified atom stereocenters. The summed E-state index contributed by atoms with van der Waals surface area (Å²) in [4.78, 5) is 13.7. The number of anilines is 2. The molecule has 2 atom stereocenters. The van der Waals surface area contributed by atoms with E-state index < -0.39 is 5.97 Å². The van der Waals surface area contributed by atoms with E-state index in [4.69, 9.17) is 10.4 Å². The Hall–Kier alpha value is -4.88. The number of rotatable bonds is 7. The van der Waals surface area contributed by atoms with E-state index in [1.54, 1.807) is 6.07 Å². The van der Waals surface area contributed by atoms with Crippen LogP contribution in [-0.4, -0.2) is 17.1 Å². The fourth-order valence-electron chi connectivity index (χ4n) is 6.26. The normalized spacial score (nSPS) is 17.9. The largest absolute Gasteiger partial charge is 0.477 e. The number of benzene rings is 4. The van der Waals surface area contributed by atoms with Gasteiger partial charge in [0.15, 0.2) is 0 Å². The average Bonchev–Trinajstić information content (AvgIpc) is 3.60. The Morgan fingerprint density at radius 1 is 0.854 bits per heavy atom. The van der Waals surface area contributed by atoms with Crippen LogP contribution in [0, 0.1) is 17.8 Å². The van der Waals surface area contributed by atoms with Gasteiger partial charge in [0, 0.05) is 23.3 Å². The van der Waals surface area contributed by atoms with Gasteiger partial charge in [-0.1, -0.05) is 92.2 Å². The number of carbonyl (C=O) groups is 1. The third-order valence-corrected chi connectivity index (χ3v) is 8.27. The lowest BCUT2D eigenvalue weighted by atomic mass is 9.93. The van der Waals surface area contributed by atoms with Crippen molar-refractivity contribution in [3.63, 3.8) is 0 Å². The fourth-order valence-corrected chi connectivity index (χ4v) is 6.26. The molecule has 4 heteroatoms. The number of nitrogens with zero attached hydrogens (tertiary/aromatic N) is 2. The van der Waals surface area contributed by atoms with E-state index in [0.717, 1.165) is 11.1 Å². The number of fused-ring (bicyclic) bond motifs is 3. The van der Waals surface area contributed by atoms with Crippen molar-refractivity contribution in [3.8, 4) is 28.3 Å². The topological polar surface area (TPSA) is 64.3 Å². The molecule has 6 rings (SSSR count). The van der Waals surface area contributed by atoms with Crippen LogP contribution in [0.25, 0.3) is 34.4 Å². The molecule has 201 valence electrons. The van der Waals surface area contributed by atoms with Gasteiger partial charge in [-0.05, 0) is 88.5 Å². The zero-order chi connectivity index (χ0) is 28.3. The second kappa shape index (κ2) is 11.3. The van der Waals surface area contributed by atoms with E-state index in [-0.39, 0.29) is 5.57 Å². The van der Waals surface area contributed by atoms with Gasteiger partial charge in [0.25, 0.3) is 0 Å². The quantitative estimate of drug-likeness (QED) is 0.189. The van der Waals surface area contributed by atoms with Crippen molar-refractivity contribution in [2.45, 2.75) is 38.1 Å². The molecule has 1 aliphatic heterocycles. The van der Waals surface area contributed by atoms with Crippen LogP contribution in [-0.2, 0) is 4.79 Å². The van der Waals surface area contributed by atoms with Gasteiger partial charge in [-0.15, -0.1) is 0 Å². The second-order valence-corrected chi connectivity index (χ2v) is 10.7. The van der Waals surface area contributed by atoms with Gasteiger partial charge in [-0.25, -0.2) is 4.79 Å². The minimum atomic E-state index is -1.22. The predicted molar refractivity (Wildman–Crippen MR) is 167 cm³/mol. The molecular formula is C37H31N2O2. The first kappa shape index (κ1) is 26.3. The fraction of sp³-hybridized carbons (Fsp3) is 0.162. The van der Waals surface area contributed by atoms with Gasteiger partial charge in [-0.2, -0.15) is 5.26 Å². The summed E-state index contributed by atoms with van der Waals surface area (Å²) in [6.07, 6.45) is 11.4. The molecule has 4 nitrogen and oxygen atoms in total. The highest BCUT2D eigenvalue weighted by Gasteiger charge is 2.42. The first-order valence-corrected chi connectivity index (χ1v) is 14.1. The highest BCUT2D eigenvalue weighted by molar-refractivity contribution is 5.96. The Kier molecular flexibility index (Phi) is 7.27. The summed E-state index contributed by atoms with van der Waals surface area (Å²) in [6.45, 7) is 2.03. The lowest BCUT2D eigenvalue weighted by Crippen LogP contribution is -2.26. The van der Waals surface area contributed by atoms with Crippen molar-refractivity contribution in [1.82, 2.24) is 0 Å². The van der Waals surface area contributed by atoms with E-state index in [9.17, 15) is 4.79 Å². The summed E-state index contributed by atoms with van der Waals surface area (Å²) in [5, 5.41) is 18.1. The van der Waals surface area contributed by atoms with Gasteiger partial charge in [0.05, 0.1) is 0 Å². The maximum Gasteiger partial charge on any atom is 0.346 e. The molecule has 4 aromatic carbocycles. The van der Waals surface area contributed by atoms with E-state index in [2.05, 4.69) is 83.8 Å². The van der Waals surface area contributed by atoms with E-state index in [1.807, 2.05) is 37.6 Å². The summed E-state index contributed by atoms with van der Waals surface area (Å²) in [7, 11) is 0. The minimum Gasteiger partial charge on any atom is -0.477 e. The summed E-state index contributed by atoms with van der Waals surface area (Å²) >= 11 is 0. The van der Waals surface area contributed by atoms with Crippen LogP contribution in [0.4, 0.5) is 11.4 Å². The molecule has 1 fully saturated rings. The molecule has 0 amide bonds. The highest BCUT2D eigenvalue weighted by Crippen LogP contribution is 2.53. The predicted octanol–water partition coefficient (Wildman–Crippen LogP) is 9.04. The molecule has 0 saturated heterocycles. The Labute approximate surface area is 241 Å². The van der Waals surface area contributed by atoms with Gasteiger partial charge in [-0.3, -0.25) is 0 Å². The molecule has 0 spiro atoms. The van der Waals surface area contributed by atoms with Crippen LogP contribution in [0.3, 0.4) is 0 Å².